The number of rotatable bonds is 2. The van der Waals surface area contributed by atoms with Crippen LogP contribution in [0.15, 0.2) is 18.2 Å². The van der Waals surface area contributed by atoms with Crippen LogP contribution in [0.4, 0.5) is 4.39 Å². The Morgan fingerprint density at radius 2 is 2.10 bits per heavy atom. The molecule has 0 aliphatic carbocycles. The topological polar surface area (TPSA) is 57.6 Å². The number of hydrogen-bond acceptors (Lipinski definition) is 2. The van der Waals surface area contributed by atoms with Crippen LogP contribution in [-0.4, -0.2) is 34.0 Å². The summed E-state index contributed by atoms with van der Waals surface area (Å²) in [5, 5.41) is 9.21. The van der Waals surface area contributed by atoms with Crippen molar-refractivity contribution >= 4 is 11.9 Å². The average Bonchev–Trinajstić information content (AvgIpc) is 2.95. The monoisotopic (exact) mass is 277 g/mol. The maximum atomic E-state index is 13.1. The number of aliphatic carboxylic acids is 1. The fourth-order valence-electron chi connectivity index (χ4n) is 3.58. The minimum atomic E-state index is -0.828. The molecule has 0 saturated carbocycles. The number of aryl methyl sites for hydroxylation is 1. The Labute approximate surface area is 116 Å². The van der Waals surface area contributed by atoms with E-state index in [9.17, 15) is 19.1 Å². The zero-order valence-corrected chi connectivity index (χ0v) is 11.2. The molecule has 0 aromatic heterocycles. The molecule has 1 aromatic rings. The molecule has 4 nitrogen and oxygen atoms in total. The second-order valence-corrected chi connectivity index (χ2v) is 5.65. The Morgan fingerprint density at radius 3 is 2.70 bits per heavy atom. The first-order valence-electron chi connectivity index (χ1n) is 6.80. The number of carbonyl (C=O) groups is 2. The Morgan fingerprint density at radius 1 is 1.35 bits per heavy atom. The Hall–Kier alpha value is -1.91. The standard InChI is InChI=1S/C15H16FNO3/c1-8-6-9(16)2-4-11(8)14(18)17-10-3-5-13(17)12(7-10)15(19)20/h2,4,6,10,12-13H,3,5,7H2,1H3,(H,19,20). The van der Waals surface area contributed by atoms with Crippen LogP contribution in [-0.2, 0) is 4.79 Å². The zero-order chi connectivity index (χ0) is 14.4. The van der Waals surface area contributed by atoms with Crippen LogP contribution in [0.2, 0.25) is 0 Å². The van der Waals surface area contributed by atoms with Crippen LogP contribution in [0.25, 0.3) is 0 Å². The summed E-state index contributed by atoms with van der Waals surface area (Å²) in [4.78, 5) is 25.5. The Balaban J connectivity index is 1.90. The fraction of sp³-hybridized carbons (Fsp3) is 0.467. The van der Waals surface area contributed by atoms with Crippen LogP contribution >= 0.6 is 0 Å². The third kappa shape index (κ3) is 1.88. The summed E-state index contributed by atoms with van der Waals surface area (Å²) in [6.07, 6.45) is 2.14. The van der Waals surface area contributed by atoms with Gasteiger partial charge in [-0.25, -0.2) is 4.39 Å². The number of carboxylic acid groups (broad SMARTS) is 1. The molecule has 3 atom stereocenters. The van der Waals surface area contributed by atoms with Gasteiger partial charge < -0.3 is 10.0 Å². The molecular formula is C15H16FNO3. The van der Waals surface area contributed by atoms with Gasteiger partial charge in [0.2, 0.25) is 0 Å². The van der Waals surface area contributed by atoms with Gasteiger partial charge in [-0.05, 0) is 49.9 Å². The lowest BCUT2D eigenvalue weighted by atomic mass is 9.89. The molecule has 2 heterocycles. The number of carbonyl (C=O) groups excluding carboxylic acids is 1. The summed E-state index contributed by atoms with van der Waals surface area (Å²) < 4.78 is 13.1. The quantitative estimate of drug-likeness (QED) is 0.901. The molecule has 1 N–H and O–H groups in total. The molecule has 2 bridgehead atoms. The van der Waals surface area contributed by atoms with E-state index in [1.54, 1.807) is 11.8 Å². The Bertz CT molecular complexity index is 586. The molecule has 5 heteroatoms. The number of amides is 1. The summed E-state index contributed by atoms with van der Waals surface area (Å²) in [5.41, 5.74) is 1.06. The highest BCUT2D eigenvalue weighted by atomic mass is 19.1. The number of halogens is 1. The van der Waals surface area contributed by atoms with Crippen LogP contribution in [0.1, 0.15) is 35.2 Å². The molecule has 2 aliphatic heterocycles. The van der Waals surface area contributed by atoms with Gasteiger partial charge in [0.1, 0.15) is 5.82 Å². The van der Waals surface area contributed by atoms with Crippen LogP contribution in [0, 0.1) is 18.7 Å². The third-order valence-corrected chi connectivity index (χ3v) is 4.51. The molecule has 3 unspecified atom stereocenters. The van der Waals surface area contributed by atoms with Crippen molar-refractivity contribution in [3.05, 3.63) is 35.1 Å². The number of hydrogen-bond donors (Lipinski definition) is 1. The minimum Gasteiger partial charge on any atom is -0.481 e. The average molecular weight is 277 g/mol. The van der Waals surface area contributed by atoms with E-state index in [4.69, 9.17) is 0 Å². The van der Waals surface area contributed by atoms with E-state index < -0.39 is 11.9 Å². The predicted octanol–water partition coefficient (Wildman–Crippen LogP) is 2.21. The van der Waals surface area contributed by atoms with Crippen LogP contribution in [0.5, 0.6) is 0 Å². The summed E-state index contributed by atoms with van der Waals surface area (Å²) in [7, 11) is 0. The number of carboxylic acids is 1. The highest BCUT2D eigenvalue weighted by molar-refractivity contribution is 5.97. The van der Waals surface area contributed by atoms with Crippen LogP contribution < -0.4 is 0 Å². The summed E-state index contributed by atoms with van der Waals surface area (Å²) in [5.74, 6) is -1.82. The molecule has 2 aliphatic rings. The summed E-state index contributed by atoms with van der Waals surface area (Å²) in [6, 6.07) is 3.89. The lowest BCUT2D eigenvalue weighted by Gasteiger charge is -2.24. The molecule has 1 amide bonds. The maximum Gasteiger partial charge on any atom is 0.308 e. The van der Waals surface area contributed by atoms with E-state index in [-0.39, 0.29) is 23.8 Å². The molecule has 3 rings (SSSR count). The zero-order valence-electron chi connectivity index (χ0n) is 11.2. The van der Waals surface area contributed by atoms with Crippen molar-refractivity contribution in [2.75, 3.05) is 0 Å². The first kappa shape index (κ1) is 13.1. The third-order valence-electron chi connectivity index (χ3n) is 4.51. The van der Waals surface area contributed by atoms with Gasteiger partial charge >= 0.3 is 5.97 Å². The van der Waals surface area contributed by atoms with Crippen molar-refractivity contribution in [1.29, 1.82) is 0 Å². The summed E-state index contributed by atoms with van der Waals surface area (Å²) >= 11 is 0. The maximum absolute atomic E-state index is 13.1. The van der Waals surface area contributed by atoms with Gasteiger partial charge in [-0.3, -0.25) is 9.59 Å². The van der Waals surface area contributed by atoms with Crippen molar-refractivity contribution in [3.63, 3.8) is 0 Å². The molecule has 20 heavy (non-hydrogen) atoms. The van der Waals surface area contributed by atoms with Crippen molar-refractivity contribution in [3.8, 4) is 0 Å². The normalized spacial score (nSPS) is 27.9. The van der Waals surface area contributed by atoms with E-state index >= 15 is 0 Å². The van der Waals surface area contributed by atoms with E-state index in [0.29, 0.717) is 17.5 Å². The highest BCUT2D eigenvalue weighted by Gasteiger charge is 2.51. The summed E-state index contributed by atoms with van der Waals surface area (Å²) in [6.45, 7) is 1.70. The smallest absolute Gasteiger partial charge is 0.308 e. The van der Waals surface area contributed by atoms with Gasteiger partial charge in [0.05, 0.1) is 5.92 Å². The fourth-order valence-corrected chi connectivity index (χ4v) is 3.58. The van der Waals surface area contributed by atoms with Gasteiger partial charge in [0, 0.05) is 17.6 Å². The van der Waals surface area contributed by atoms with Crippen molar-refractivity contribution in [2.24, 2.45) is 5.92 Å². The van der Waals surface area contributed by atoms with Gasteiger partial charge in [0.15, 0.2) is 0 Å². The number of nitrogens with zero attached hydrogens (tertiary/aromatic N) is 1. The molecule has 106 valence electrons. The van der Waals surface area contributed by atoms with E-state index in [1.165, 1.54) is 18.2 Å². The van der Waals surface area contributed by atoms with Crippen molar-refractivity contribution in [2.45, 2.75) is 38.3 Å². The lowest BCUT2D eigenvalue weighted by Crippen LogP contribution is -2.38. The van der Waals surface area contributed by atoms with E-state index in [0.717, 1.165) is 12.8 Å². The first-order chi connectivity index (χ1) is 9.49. The SMILES string of the molecule is Cc1cc(F)ccc1C(=O)N1C2CCC1C(C(=O)O)C2. The molecule has 1 aromatic carbocycles. The molecule has 0 spiro atoms. The van der Waals surface area contributed by atoms with Gasteiger partial charge in [-0.2, -0.15) is 0 Å². The van der Waals surface area contributed by atoms with Crippen LogP contribution in [0.3, 0.4) is 0 Å². The van der Waals surface area contributed by atoms with Gasteiger partial charge in [0.25, 0.3) is 5.91 Å². The molecule has 2 fully saturated rings. The second-order valence-electron chi connectivity index (χ2n) is 5.65. The van der Waals surface area contributed by atoms with E-state index in [1.807, 2.05) is 0 Å². The Kier molecular flexibility index (Phi) is 3.00. The lowest BCUT2D eigenvalue weighted by molar-refractivity contribution is -0.142. The largest absolute Gasteiger partial charge is 0.481 e. The minimum absolute atomic E-state index is 0.0121. The first-order valence-corrected chi connectivity index (χ1v) is 6.80. The highest BCUT2D eigenvalue weighted by Crippen LogP contribution is 2.42. The van der Waals surface area contributed by atoms with Gasteiger partial charge in [-0.1, -0.05) is 0 Å². The predicted molar refractivity (Wildman–Crippen MR) is 69.9 cm³/mol. The number of benzene rings is 1. The van der Waals surface area contributed by atoms with Crippen molar-refractivity contribution < 1.29 is 19.1 Å². The second kappa shape index (κ2) is 4.58. The molecule has 0 radical (unpaired) electrons. The molecule has 2 saturated heterocycles. The van der Waals surface area contributed by atoms with E-state index in [2.05, 4.69) is 0 Å². The molecular weight excluding hydrogens is 261 g/mol. The van der Waals surface area contributed by atoms with Gasteiger partial charge in [-0.15, -0.1) is 0 Å². The van der Waals surface area contributed by atoms with Crippen molar-refractivity contribution in [1.82, 2.24) is 4.90 Å². The number of fused-ring (bicyclic) bond motifs is 2.